The zero-order chi connectivity index (χ0) is 18.2. The van der Waals surface area contributed by atoms with Gasteiger partial charge in [0.05, 0.1) is 11.6 Å². The molecule has 2 aromatic carbocycles. The summed E-state index contributed by atoms with van der Waals surface area (Å²) in [5, 5.41) is 11.4. The number of hydrogen-bond donors (Lipinski definition) is 1. The van der Waals surface area contributed by atoms with E-state index in [0.717, 1.165) is 11.1 Å². The maximum atomic E-state index is 11.8. The van der Waals surface area contributed by atoms with Gasteiger partial charge < -0.3 is 14.8 Å². The van der Waals surface area contributed by atoms with Crippen molar-refractivity contribution in [1.82, 2.24) is 0 Å². The first-order valence-corrected chi connectivity index (χ1v) is 7.63. The fourth-order valence-electron chi connectivity index (χ4n) is 2.21. The lowest BCUT2D eigenvalue weighted by atomic mass is 10.1. The number of benzene rings is 2. The SMILES string of the molecule is Cc1cc(C)cc(OCC(=O)OCC(=O)Nc2cccc(C#N)c2)c1. The summed E-state index contributed by atoms with van der Waals surface area (Å²) in [6.07, 6.45) is 0. The summed E-state index contributed by atoms with van der Waals surface area (Å²) in [7, 11) is 0. The molecule has 25 heavy (non-hydrogen) atoms. The van der Waals surface area contributed by atoms with Crippen LogP contribution in [0.1, 0.15) is 16.7 Å². The molecular weight excluding hydrogens is 320 g/mol. The Morgan fingerprint density at radius 1 is 1.08 bits per heavy atom. The van der Waals surface area contributed by atoms with Crippen molar-refractivity contribution < 1.29 is 19.1 Å². The molecule has 0 aliphatic heterocycles. The summed E-state index contributed by atoms with van der Waals surface area (Å²) in [6, 6.07) is 14.1. The van der Waals surface area contributed by atoms with E-state index in [2.05, 4.69) is 5.32 Å². The Morgan fingerprint density at radius 2 is 1.80 bits per heavy atom. The maximum Gasteiger partial charge on any atom is 0.344 e. The van der Waals surface area contributed by atoms with Gasteiger partial charge in [-0.1, -0.05) is 12.1 Å². The van der Waals surface area contributed by atoms with Crippen molar-refractivity contribution in [2.75, 3.05) is 18.5 Å². The molecule has 2 aromatic rings. The molecule has 0 aliphatic carbocycles. The Hall–Kier alpha value is -3.33. The molecule has 1 amide bonds. The zero-order valence-corrected chi connectivity index (χ0v) is 14.0. The number of aryl methyl sites for hydroxylation is 2. The van der Waals surface area contributed by atoms with E-state index < -0.39 is 18.5 Å². The van der Waals surface area contributed by atoms with Crippen LogP contribution in [0.25, 0.3) is 0 Å². The summed E-state index contributed by atoms with van der Waals surface area (Å²) in [6.45, 7) is 3.17. The van der Waals surface area contributed by atoms with E-state index in [9.17, 15) is 9.59 Å². The largest absolute Gasteiger partial charge is 0.482 e. The lowest BCUT2D eigenvalue weighted by Crippen LogP contribution is -2.23. The van der Waals surface area contributed by atoms with Gasteiger partial charge in [-0.2, -0.15) is 5.26 Å². The van der Waals surface area contributed by atoms with Gasteiger partial charge in [0, 0.05) is 5.69 Å². The first-order chi connectivity index (χ1) is 12.0. The second-order valence-corrected chi connectivity index (χ2v) is 5.51. The molecule has 0 heterocycles. The number of nitrogens with zero attached hydrogens (tertiary/aromatic N) is 1. The van der Waals surface area contributed by atoms with Crippen LogP contribution in [0.15, 0.2) is 42.5 Å². The molecule has 0 saturated heterocycles. The number of anilines is 1. The number of nitrogens with one attached hydrogen (secondary N) is 1. The molecule has 6 heteroatoms. The minimum Gasteiger partial charge on any atom is -0.482 e. The van der Waals surface area contributed by atoms with Crippen LogP contribution in [0.4, 0.5) is 5.69 Å². The van der Waals surface area contributed by atoms with E-state index in [1.165, 1.54) is 6.07 Å². The minimum absolute atomic E-state index is 0.278. The molecule has 6 nitrogen and oxygen atoms in total. The van der Waals surface area contributed by atoms with Gasteiger partial charge in [0.1, 0.15) is 5.75 Å². The Morgan fingerprint density at radius 3 is 2.48 bits per heavy atom. The van der Waals surface area contributed by atoms with E-state index in [0.29, 0.717) is 17.0 Å². The highest BCUT2D eigenvalue weighted by molar-refractivity contribution is 5.93. The van der Waals surface area contributed by atoms with E-state index in [1.807, 2.05) is 38.1 Å². The van der Waals surface area contributed by atoms with Crippen LogP contribution in [-0.2, 0) is 14.3 Å². The van der Waals surface area contributed by atoms with Crippen LogP contribution < -0.4 is 10.1 Å². The second-order valence-electron chi connectivity index (χ2n) is 5.51. The standard InChI is InChI=1S/C19H18N2O4/c1-13-6-14(2)8-17(7-13)24-12-19(23)25-11-18(22)21-16-5-3-4-15(9-16)10-20/h3-9H,11-12H2,1-2H3,(H,21,22). The molecule has 128 valence electrons. The molecule has 0 fully saturated rings. The first kappa shape index (κ1) is 18.0. The van der Waals surface area contributed by atoms with Crippen molar-refractivity contribution in [1.29, 1.82) is 5.26 Å². The topological polar surface area (TPSA) is 88.4 Å². The highest BCUT2D eigenvalue weighted by atomic mass is 16.6. The van der Waals surface area contributed by atoms with Crippen molar-refractivity contribution in [2.24, 2.45) is 0 Å². The van der Waals surface area contributed by atoms with Gasteiger partial charge in [0.2, 0.25) is 0 Å². The Labute approximate surface area is 146 Å². The highest BCUT2D eigenvalue weighted by Gasteiger charge is 2.09. The third kappa shape index (κ3) is 5.99. The lowest BCUT2D eigenvalue weighted by molar-refractivity contribution is -0.149. The Bertz CT molecular complexity index is 804. The number of carbonyl (C=O) groups is 2. The van der Waals surface area contributed by atoms with Crippen LogP contribution >= 0.6 is 0 Å². The monoisotopic (exact) mass is 338 g/mol. The first-order valence-electron chi connectivity index (χ1n) is 7.63. The molecule has 0 aliphatic rings. The number of carbonyl (C=O) groups excluding carboxylic acids is 2. The zero-order valence-electron chi connectivity index (χ0n) is 14.0. The van der Waals surface area contributed by atoms with Crippen LogP contribution in [0.2, 0.25) is 0 Å². The van der Waals surface area contributed by atoms with Gasteiger partial charge in [0.15, 0.2) is 13.2 Å². The van der Waals surface area contributed by atoms with Gasteiger partial charge in [-0.15, -0.1) is 0 Å². The molecule has 1 N–H and O–H groups in total. The fraction of sp³-hybridized carbons (Fsp3) is 0.211. The van der Waals surface area contributed by atoms with E-state index in [4.69, 9.17) is 14.7 Å². The van der Waals surface area contributed by atoms with Crippen molar-refractivity contribution in [2.45, 2.75) is 13.8 Å². The molecule has 0 aromatic heterocycles. The summed E-state index contributed by atoms with van der Waals surface area (Å²) < 4.78 is 10.2. The van der Waals surface area contributed by atoms with E-state index >= 15 is 0 Å². The third-order valence-corrected chi connectivity index (χ3v) is 3.19. The number of rotatable bonds is 6. The number of esters is 1. The fourth-order valence-corrected chi connectivity index (χ4v) is 2.21. The maximum absolute atomic E-state index is 11.8. The van der Waals surface area contributed by atoms with Gasteiger partial charge >= 0.3 is 5.97 Å². The van der Waals surface area contributed by atoms with E-state index in [-0.39, 0.29) is 6.61 Å². The van der Waals surface area contributed by atoms with Crippen LogP contribution in [0, 0.1) is 25.2 Å². The number of amides is 1. The van der Waals surface area contributed by atoms with E-state index in [1.54, 1.807) is 18.2 Å². The molecule has 0 unspecified atom stereocenters. The normalized spacial score (nSPS) is 9.80. The van der Waals surface area contributed by atoms with Gasteiger partial charge in [-0.25, -0.2) is 4.79 Å². The predicted molar refractivity (Wildman–Crippen MR) is 92.2 cm³/mol. The molecule has 0 bridgehead atoms. The number of nitriles is 1. The van der Waals surface area contributed by atoms with Gasteiger partial charge in [-0.05, 0) is 55.3 Å². The molecule has 0 saturated carbocycles. The minimum atomic E-state index is -0.639. The molecule has 0 radical (unpaired) electrons. The molecule has 0 atom stereocenters. The Balaban J connectivity index is 1.77. The average molecular weight is 338 g/mol. The summed E-state index contributed by atoms with van der Waals surface area (Å²) in [4.78, 5) is 23.4. The molecule has 0 spiro atoms. The highest BCUT2D eigenvalue weighted by Crippen LogP contribution is 2.16. The van der Waals surface area contributed by atoms with Gasteiger partial charge in [0.25, 0.3) is 5.91 Å². The summed E-state index contributed by atoms with van der Waals surface area (Å²) in [5.41, 5.74) is 2.95. The predicted octanol–water partition coefficient (Wildman–Crippen LogP) is 2.74. The third-order valence-electron chi connectivity index (χ3n) is 3.19. The Kier molecular flexibility index (Phi) is 6.13. The lowest BCUT2D eigenvalue weighted by Gasteiger charge is -2.09. The summed E-state index contributed by atoms with van der Waals surface area (Å²) in [5.74, 6) is -0.554. The van der Waals surface area contributed by atoms with Crippen molar-refractivity contribution >= 4 is 17.6 Å². The van der Waals surface area contributed by atoms with Crippen molar-refractivity contribution in [3.8, 4) is 11.8 Å². The quantitative estimate of drug-likeness (QED) is 0.818. The van der Waals surface area contributed by atoms with Crippen LogP contribution in [-0.4, -0.2) is 25.1 Å². The van der Waals surface area contributed by atoms with Gasteiger partial charge in [-0.3, -0.25) is 4.79 Å². The average Bonchev–Trinajstić information content (AvgIpc) is 2.57. The van der Waals surface area contributed by atoms with Crippen LogP contribution in [0.5, 0.6) is 5.75 Å². The molecular formula is C19H18N2O4. The summed E-state index contributed by atoms with van der Waals surface area (Å²) >= 11 is 0. The number of hydrogen-bond acceptors (Lipinski definition) is 5. The van der Waals surface area contributed by atoms with Crippen molar-refractivity contribution in [3.63, 3.8) is 0 Å². The van der Waals surface area contributed by atoms with Crippen LogP contribution in [0.3, 0.4) is 0 Å². The molecule has 2 rings (SSSR count). The number of ether oxygens (including phenoxy) is 2. The van der Waals surface area contributed by atoms with Crippen molar-refractivity contribution in [3.05, 3.63) is 59.2 Å². The smallest absolute Gasteiger partial charge is 0.344 e. The second kappa shape index (κ2) is 8.50.